The molecule has 0 bridgehead atoms. The molecule has 0 spiro atoms. The second-order valence-electron chi connectivity index (χ2n) is 6.48. The molecule has 0 fully saturated rings. The third kappa shape index (κ3) is 4.90. The second kappa shape index (κ2) is 8.46. The van der Waals surface area contributed by atoms with E-state index in [1.807, 2.05) is 0 Å². The quantitative estimate of drug-likeness (QED) is 0.566. The number of amides is 1. The average Bonchev–Trinajstić information content (AvgIpc) is 2.72. The van der Waals surface area contributed by atoms with Gasteiger partial charge in [-0.2, -0.15) is 13.2 Å². The lowest BCUT2D eigenvalue weighted by Gasteiger charge is -2.18. The van der Waals surface area contributed by atoms with Gasteiger partial charge in [-0.1, -0.05) is 24.3 Å². The van der Waals surface area contributed by atoms with Gasteiger partial charge in [0.25, 0.3) is 5.91 Å². The standard InChI is InChI=1S/C20H16F3N3O4/c21-20(22,23)12-7-5-11(6-8-12)17(27)18(28)26-16(19(29)30)9-13-10-24-14-3-1-2-4-15(14)25-13/h1-8,10,16-17,27H,9H2,(H,26,28)(H,29,30)/t16-,17+/m0/s1. The van der Waals surface area contributed by atoms with E-state index in [9.17, 15) is 33.0 Å². The van der Waals surface area contributed by atoms with E-state index >= 15 is 0 Å². The summed E-state index contributed by atoms with van der Waals surface area (Å²) in [5.41, 5.74) is 0.447. The summed E-state index contributed by atoms with van der Waals surface area (Å²) in [4.78, 5) is 32.3. The van der Waals surface area contributed by atoms with Crippen LogP contribution < -0.4 is 5.32 Å². The number of halogens is 3. The Morgan fingerprint density at radius 2 is 1.67 bits per heavy atom. The maximum absolute atomic E-state index is 12.6. The molecule has 7 nitrogen and oxygen atoms in total. The van der Waals surface area contributed by atoms with Crippen molar-refractivity contribution in [3.8, 4) is 0 Å². The maximum Gasteiger partial charge on any atom is 0.416 e. The van der Waals surface area contributed by atoms with Crippen LogP contribution in [0.25, 0.3) is 11.0 Å². The van der Waals surface area contributed by atoms with E-state index in [1.165, 1.54) is 6.20 Å². The van der Waals surface area contributed by atoms with Crippen LogP contribution in [0.2, 0.25) is 0 Å². The maximum atomic E-state index is 12.6. The summed E-state index contributed by atoms with van der Waals surface area (Å²) < 4.78 is 37.9. The molecule has 1 aromatic heterocycles. The van der Waals surface area contributed by atoms with Crippen molar-refractivity contribution in [3.05, 3.63) is 71.5 Å². The van der Waals surface area contributed by atoms with Crippen LogP contribution in [0.15, 0.2) is 54.7 Å². The Labute approximate surface area is 168 Å². The van der Waals surface area contributed by atoms with Crippen LogP contribution in [-0.2, 0) is 22.2 Å². The lowest BCUT2D eigenvalue weighted by Crippen LogP contribution is -2.44. The normalized spacial score (nSPS) is 13.6. The van der Waals surface area contributed by atoms with Crippen molar-refractivity contribution in [1.29, 1.82) is 0 Å². The predicted molar refractivity (Wildman–Crippen MR) is 99.2 cm³/mol. The number of fused-ring (bicyclic) bond motifs is 1. The number of benzene rings is 2. The Morgan fingerprint density at radius 3 is 2.27 bits per heavy atom. The smallest absolute Gasteiger partial charge is 0.416 e. The van der Waals surface area contributed by atoms with Crippen LogP contribution in [0, 0.1) is 0 Å². The molecule has 0 aliphatic rings. The molecular formula is C20H16F3N3O4. The molecule has 0 unspecified atom stereocenters. The minimum atomic E-state index is -4.55. The number of carbonyl (C=O) groups excluding carboxylic acids is 1. The number of aliphatic hydroxyl groups is 1. The highest BCUT2D eigenvalue weighted by Gasteiger charge is 2.31. The van der Waals surface area contributed by atoms with Crippen molar-refractivity contribution in [3.63, 3.8) is 0 Å². The molecule has 0 saturated carbocycles. The first kappa shape index (κ1) is 21.2. The Hall–Kier alpha value is -3.53. The number of aliphatic hydroxyl groups excluding tert-OH is 1. The van der Waals surface area contributed by atoms with Gasteiger partial charge in [0.15, 0.2) is 6.10 Å². The SMILES string of the molecule is O=C(O)[C@H](Cc1cnc2ccccc2n1)NC(=O)[C@H](O)c1ccc(C(F)(F)F)cc1. The molecule has 30 heavy (non-hydrogen) atoms. The summed E-state index contributed by atoms with van der Waals surface area (Å²) in [7, 11) is 0. The van der Waals surface area contributed by atoms with Gasteiger partial charge in [0.2, 0.25) is 0 Å². The number of nitrogens with one attached hydrogen (secondary N) is 1. The Kier molecular flexibility index (Phi) is 5.97. The number of hydrogen-bond acceptors (Lipinski definition) is 5. The largest absolute Gasteiger partial charge is 0.480 e. The fourth-order valence-electron chi connectivity index (χ4n) is 2.76. The van der Waals surface area contributed by atoms with E-state index in [-0.39, 0.29) is 12.0 Å². The first-order chi connectivity index (χ1) is 14.1. The Bertz CT molecular complexity index is 1070. The number of carboxylic acid groups (broad SMARTS) is 1. The van der Waals surface area contributed by atoms with Crippen molar-refractivity contribution >= 4 is 22.9 Å². The predicted octanol–water partition coefficient (Wildman–Crippen LogP) is 2.49. The summed E-state index contributed by atoms with van der Waals surface area (Å²) in [5, 5.41) is 21.7. The lowest BCUT2D eigenvalue weighted by atomic mass is 10.1. The van der Waals surface area contributed by atoms with Crippen LogP contribution in [-0.4, -0.2) is 38.1 Å². The number of hydrogen-bond donors (Lipinski definition) is 3. The van der Waals surface area contributed by atoms with E-state index in [0.717, 1.165) is 24.3 Å². The number of para-hydroxylation sites is 2. The van der Waals surface area contributed by atoms with Gasteiger partial charge in [-0.15, -0.1) is 0 Å². The molecule has 0 radical (unpaired) electrons. The lowest BCUT2D eigenvalue weighted by molar-refractivity contribution is -0.143. The highest BCUT2D eigenvalue weighted by atomic mass is 19.4. The molecule has 3 rings (SSSR count). The topological polar surface area (TPSA) is 112 Å². The molecule has 0 saturated heterocycles. The highest BCUT2D eigenvalue weighted by molar-refractivity contribution is 5.87. The minimum Gasteiger partial charge on any atom is -0.480 e. The fraction of sp³-hybridized carbons (Fsp3) is 0.200. The van der Waals surface area contributed by atoms with Crippen molar-refractivity contribution in [2.75, 3.05) is 0 Å². The number of aliphatic carboxylic acids is 1. The first-order valence-corrected chi connectivity index (χ1v) is 8.74. The van der Waals surface area contributed by atoms with E-state index in [2.05, 4.69) is 15.3 Å². The van der Waals surface area contributed by atoms with E-state index in [1.54, 1.807) is 24.3 Å². The van der Waals surface area contributed by atoms with Crippen LogP contribution in [0.3, 0.4) is 0 Å². The molecule has 10 heteroatoms. The Morgan fingerprint density at radius 1 is 1.03 bits per heavy atom. The second-order valence-corrected chi connectivity index (χ2v) is 6.48. The average molecular weight is 419 g/mol. The summed E-state index contributed by atoms with van der Waals surface area (Å²) in [6.07, 6.45) is -5.20. The van der Waals surface area contributed by atoms with Crippen LogP contribution in [0.4, 0.5) is 13.2 Å². The zero-order chi connectivity index (χ0) is 21.9. The van der Waals surface area contributed by atoms with Crippen LogP contribution in [0.1, 0.15) is 22.9 Å². The van der Waals surface area contributed by atoms with Gasteiger partial charge in [-0.25, -0.2) is 9.78 Å². The molecular weight excluding hydrogens is 403 g/mol. The summed E-state index contributed by atoms with van der Waals surface area (Å²) in [5.74, 6) is -2.42. The first-order valence-electron chi connectivity index (χ1n) is 8.74. The van der Waals surface area contributed by atoms with Crippen molar-refractivity contribution < 1.29 is 33.0 Å². The number of carbonyl (C=O) groups is 2. The summed E-state index contributed by atoms with van der Waals surface area (Å²) >= 11 is 0. The Balaban J connectivity index is 1.72. The van der Waals surface area contributed by atoms with Gasteiger partial charge in [0.1, 0.15) is 6.04 Å². The van der Waals surface area contributed by atoms with Crippen LogP contribution >= 0.6 is 0 Å². The molecule has 3 aromatic rings. The van der Waals surface area contributed by atoms with E-state index < -0.39 is 35.8 Å². The van der Waals surface area contributed by atoms with Gasteiger partial charge in [-0.05, 0) is 29.8 Å². The number of aromatic nitrogens is 2. The molecule has 156 valence electrons. The van der Waals surface area contributed by atoms with Crippen molar-refractivity contribution in [1.82, 2.24) is 15.3 Å². The van der Waals surface area contributed by atoms with Gasteiger partial charge in [0.05, 0.1) is 22.3 Å². The zero-order valence-corrected chi connectivity index (χ0v) is 15.3. The molecule has 2 aromatic carbocycles. The third-order valence-electron chi connectivity index (χ3n) is 4.33. The monoisotopic (exact) mass is 419 g/mol. The molecule has 0 aliphatic heterocycles. The molecule has 3 N–H and O–H groups in total. The van der Waals surface area contributed by atoms with Gasteiger partial charge in [0, 0.05) is 12.6 Å². The van der Waals surface area contributed by atoms with Gasteiger partial charge < -0.3 is 15.5 Å². The van der Waals surface area contributed by atoms with Crippen molar-refractivity contribution in [2.24, 2.45) is 0 Å². The molecule has 1 amide bonds. The number of alkyl halides is 3. The van der Waals surface area contributed by atoms with Crippen LogP contribution in [0.5, 0.6) is 0 Å². The third-order valence-corrected chi connectivity index (χ3v) is 4.33. The minimum absolute atomic E-state index is 0.102. The van der Waals surface area contributed by atoms with Gasteiger partial charge in [-0.3, -0.25) is 9.78 Å². The molecule has 1 heterocycles. The van der Waals surface area contributed by atoms with Gasteiger partial charge >= 0.3 is 12.1 Å². The fourth-order valence-corrected chi connectivity index (χ4v) is 2.76. The van der Waals surface area contributed by atoms with E-state index in [0.29, 0.717) is 16.7 Å². The number of carboxylic acids is 1. The van der Waals surface area contributed by atoms with Crippen molar-refractivity contribution in [2.45, 2.75) is 24.7 Å². The molecule has 2 atom stereocenters. The highest BCUT2D eigenvalue weighted by Crippen LogP contribution is 2.30. The number of rotatable bonds is 6. The zero-order valence-electron chi connectivity index (χ0n) is 15.3. The molecule has 0 aliphatic carbocycles. The summed E-state index contributed by atoms with van der Waals surface area (Å²) in [6.45, 7) is 0. The van der Waals surface area contributed by atoms with E-state index in [4.69, 9.17) is 0 Å². The summed E-state index contributed by atoms with van der Waals surface area (Å²) in [6, 6.07) is 8.91. The number of nitrogens with zero attached hydrogens (tertiary/aromatic N) is 2.